The van der Waals surface area contributed by atoms with Gasteiger partial charge in [0.1, 0.15) is 0 Å². The third-order valence-electron chi connectivity index (χ3n) is 3.21. The molecule has 2 aromatic carbocycles. The van der Waals surface area contributed by atoms with E-state index in [1.54, 1.807) is 18.0 Å². The van der Waals surface area contributed by atoms with Crippen LogP contribution in [0.4, 0.5) is 5.69 Å². The number of halogens is 1. The second kappa shape index (κ2) is 6.02. The summed E-state index contributed by atoms with van der Waals surface area (Å²) in [6.07, 6.45) is 0. The molecule has 2 aromatic rings. The van der Waals surface area contributed by atoms with E-state index in [0.29, 0.717) is 10.5 Å². The number of hydrogen-bond donors (Lipinski definition) is 1. The van der Waals surface area contributed by atoms with Gasteiger partial charge in [-0.1, -0.05) is 33.6 Å². The van der Waals surface area contributed by atoms with E-state index in [1.165, 1.54) is 5.56 Å². The van der Waals surface area contributed by atoms with E-state index in [2.05, 4.69) is 34.6 Å². The number of aryl methyl sites for hydroxylation is 2. The van der Waals surface area contributed by atoms with Crippen molar-refractivity contribution in [1.82, 2.24) is 0 Å². The Hall–Kier alpha value is -1.26. The number of anilines is 1. The highest BCUT2D eigenvalue weighted by Gasteiger charge is 2.17. The number of thiol groups is 1. The third-order valence-corrected chi connectivity index (χ3v) is 4.07. The Bertz CT molecular complexity index is 670. The standard InChI is InChI=1S/C16H16BrNOS/c1-10-4-7-14(11(2)8-10)18(3)16(19)13-6-5-12(17)9-15(13)20/h4-9,20H,1-3H3. The van der Waals surface area contributed by atoms with Crippen molar-refractivity contribution in [3.05, 3.63) is 57.6 Å². The third kappa shape index (κ3) is 3.07. The van der Waals surface area contributed by atoms with Gasteiger partial charge in [-0.2, -0.15) is 0 Å². The predicted octanol–water partition coefficient (Wildman–Crippen LogP) is 4.63. The number of carbonyl (C=O) groups excluding carboxylic acids is 1. The second-order valence-electron chi connectivity index (χ2n) is 4.82. The zero-order valence-corrected chi connectivity index (χ0v) is 14.1. The number of carbonyl (C=O) groups is 1. The molecule has 0 bridgehead atoms. The summed E-state index contributed by atoms with van der Waals surface area (Å²) < 4.78 is 0.910. The molecule has 4 heteroatoms. The molecule has 0 aliphatic heterocycles. The lowest BCUT2D eigenvalue weighted by molar-refractivity contribution is 0.0990. The van der Waals surface area contributed by atoms with Crippen LogP contribution < -0.4 is 4.90 Å². The first-order valence-electron chi connectivity index (χ1n) is 6.24. The van der Waals surface area contributed by atoms with Crippen molar-refractivity contribution in [2.45, 2.75) is 18.7 Å². The summed E-state index contributed by atoms with van der Waals surface area (Å²) in [5, 5.41) is 0. The molecule has 0 saturated carbocycles. The van der Waals surface area contributed by atoms with Gasteiger partial charge in [-0.05, 0) is 43.7 Å². The minimum Gasteiger partial charge on any atom is -0.311 e. The van der Waals surface area contributed by atoms with Crippen molar-refractivity contribution in [2.24, 2.45) is 0 Å². The largest absolute Gasteiger partial charge is 0.311 e. The van der Waals surface area contributed by atoms with E-state index in [1.807, 2.05) is 38.1 Å². The second-order valence-corrected chi connectivity index (χ2v) is 6.21. The van der Waals surface area contributed by atoms with Crippen molar-refractivity contribution in [2.75, 3.05) is 11.9 Å². The molecule has 0 aromatic heterocycles. The Kier molecular flexibility index (Phi) is 4.55. The van der Waals surface area contributed by atoms with Crippen molar-refractivity contribution < 1.29 is 4.79 Å². The van der Waals surface area contributed by atoms with Crippen LogP contribution in [0.25, 0.3) is 0 Å². The van der Waals surface area contributed by atoms with Crippen LogP contribution in [0.1, 0.15) is 21.5 Å². The van der Waals surface area contributed by atoms with Gasteiger partial charge in [0.2, 0.25) is 0 Å². The van der Waals surface area contributed by atoms with Crippen LogP contribution >= 0.6 is 28.6 Å². The molecule has 0 aliphatic carbocycles. The Balaban J connectivity index is 2.37. The van der Waals surface area contributed by atoms with Crippen LogP contribution in [0.15, 0.2) is 45.8 Å². The molecule has 1 amide bonds. The molecule has 0 aliphatic rings. The average Bonchev–Trinajstić information content (AvgIpc) is 2.37. The van der Waals surface area contributed by atoms with Gasteiger partial charge < -0.3 is 4.90 Å². The monoisotopic (exact) mass is 349 g/mol. The maximum absolute atomic E-state index is 12.6. The number of hydrogen-bond acceptors (Lipinski definition) is 2. The Morgan fingerprint density at radius 3 is 2.45 bits per heavy atom. The fourth-order valence-electron chi connectivity index (χ4n) is 2.16. The zero-order valence-electron chi connectivity index (χ0n) is 11.6. The first-order chi connectivity index (χ1) is 9.40. The van der Waals surface area contributed by atoms with Crippen LogP contribution in [-0.4, -0.2) is 13.0 Å². The SMILES string of the molecule is Cc1ccc(N(C)C(=O)c2ccc(Br)cc2S)c(C)c1. The smallest absolute Gasteiger partial charge is 0.259 e. The van der Waals surface area contributed by atoms with Gasteiger partial charge in [0, 0.05) is 22.1 Å². The van der Waals surface area contributed by atoms with Gasteiger partial charge in [0.05, 0.1) is 5.56 Å². The fourth-order valence-corrected chi connectivity index (χ4v) is 3.00. The lowest BCUT2D eigenvalue weighted by atomic mass is 10.1. The summed E-state index contributed by atoms with van der Waals surface area (Å²) in [7, 11) is 1.79. The topological polar surface area (TPSA) is 20.3 Å². The highest BCUT2D eigenvalue weighted by atomic mass is 79.9. The minimum atomic E-state index is -0.0607. The van der Waals surface area contributed by atoms with E-state index in [0.717, 1.165) is 15.7 Å². The molecule has 0 spiro atoms. The van der Waals surface area contributed by atoms with E-state index in [9.17, 15) is 4.79 Å². The van der Waals surface area contributed by atoms with Crippen molar-refractivity contribution in [1.29, 1.82) is 0 Å². The normalized spacial score (nSPS) is 10.4. The van der Waals surface area contributed by atoms with Gasteiger partial charge in [-0.25, -0.2) is 0 Å². The molecule has 0 radical (unpaired) electrons. The van der Waals surface area contributed by atoms with Crippen LogP contribution in [0.5, 0.6) is 0 Å². The van der Waals surface area contributed by atoms with Gasteiger partial charge in [0.25, 0.3) is 5.91 Å². The lowest BCUT2D eigenvalue weighted by Gasteiger charge is -2.20. The van der Waals surface area contributed by atoms with Crippen LogP contribution in [0, 0.1) is 13.8 Å². The summed E-state index contributed by atoms with van der Waals surface area (Å²) in [6.45, 7) is 4.05. The molecule has 0 unspecified atom stereocenters. The quantitative estimate of drug-likeness (QED) is 0.783. The number of amides is 1. The Labute approximate surface area is 133 Å². The number of nitrogens with zero attached hydrogens (tertiary/aromatic N) is 1. The average molecular weight is 350 g/mol. The molecule has 0 N–H and O–H groups in total. The maximum atomic E-state index is 12.6. The fraction of sp³-hybridized carbons (Fsp3) is 0.188. The molecular formula is C16H16BrNOS. The van der Waals surface area contributed by atoms with Crippen LogP contribution in [0.2, 0.25) is 0 Å². The summed E-state index contributed by atoms with van der Waals surface area (Å²) in [5.74, 6) is -0.0607. The molecule has 0 saturated heterocycles. The minimum absolute atomic E-state index is 0.0607. The molecule has 2 rings (SSSR count). The van der Waals surface area contributed by atoms with E-state index < -0.39 is 0 Å². The van der Waals surface area contributed by atoms with Crippen molar-refractivity contribution in [3.63, 3.8) is 0 Å². The maximum Gasteiger partial charge on any atom is 0.259 e. The summed E-state index contributed by atoms with van der Waals surface area (Å²) in [4.78, 5) is 14.9. The predicted molar refractivity (Wildman–Crippen MR) is 90.0 cm³/mol. The van der Waals surface area contributed by atoms with Gasteiger partial charge in [-0.15, -0.1) is 12.6 Å². The lowest BCUT2D eigenvalue weighted by Crippen LogP contribution is -2.27. The Morgan fingerprint density at radius 1 is 1.15 bits per heavy atom. The molecule has 104 valence electrons. The molecule has 0 fully saturated rings. The van der Waals surface area contributed by atoms with Crippen molar-refractivity contribution in [3.8, 4) is 0 Å². The molecule has 0 atom stereocenters. The molecule has 0 heterocycles. The first-order valence-corrected chi connectivity index (χ1v) is 7.48. The van der Waals surface area contributed by atoms with Gasteiger partial charge in [0.15, 0.2) is 0 Å². The molecular weight excluding hydrogens is 334 g/mol. The summed E-state index contributed by atoms with van der Waals surface area (Å²) in [6, 6.07) is 11.5. The van der Waals surface area contributed by atoms with Gasteiger partial charge >= 0.3 is 0 Å². The highest BCUT2D eigenvalue weighted by Crippen LogP contribution is 2.25. The Morgan fingerprint density at radius 2 is 1.85 bits per heavy atom. The molecule has 2 nitrogen and oxygen atoms in total. The first kappa shape index (κ1) is 15.1. The summed E-state index contributed by atoms with van der Waals surface area (Å²) in [5.41, 5.74) is 3.78. The van der Waals surface area contributed by atoms with E-state index >= 15 is 0 Å². The van der Waals surface area contributed by atoms with E-state index in [-0.39, 0.29) is 5.91 Å². The highest BCUT2D eigenvalue weighted by molar-refractivity contribution is 9.10. The van der Waals surface area contributed by atoms with Gasteiger partial charge in [-0.3, -0.25) is 4.79 Å². The van der Waals surface area contributed by atoms with Crippen molar-refractivity contribution >= 4 is 40.2 Å². The zero-order chi connectivity index (χ0) is 14.9. The number of benzene rings is 2. The summed E-state index contributed by atoms with van der Waals surface area (Å²) >= 11 is 7.75. The van der Waals surface area contributed by atoms with Crippen LogP contribution in [0.3, 0.4) is 0 Å². The molecule has 20 heavy (non-hydrogen) atoms. The number of rotatable bonds is 2. The van der Waals surface area contributed by atoms with Crippen LogP contribution in [-0.2, 0) is 0 Å². The van der Waals surface area contributed by atoms with E-state index in [4.69, 9.17) is 0 Å².